The van der Waals surface area contributed by atoms with E-state index in [1.807, 2.05) is 0 Å². The number of rotatable bonds is 5. The van der Waals surface area contributed by atoms with Crippen molar-refractivity contribution in [2.24, 2.45) is 0 Å². The highest BCUT2D eigenvalue weighted by molar-refractivity contribution is 7.41. The Morgan fingerprint density at radius 3 is 2.82 bits per heavy atom. The maximum absolute atomic E-state index is 10.4. The molecule has 0 saturated heterocycles. The molecule has 0 spiro atoms. The molecule has 0 aromatic heterocycles. The highest BCUT2D eigenvalue weighted by Crippen LogP contribution is 2.32. The third kappa shape index (κ3) is 5.94. The lowest BCUT2D eigenvalue weighted by Gasteiger charge is -2.06. The quantitative estimate of drug-likeness (QED) is 0.458. The summed E-state index contributed by atoms with van der Waals surface area (Å²) in [5, 5.41) is 8.22. The minimum atomic E-state index is -2.21. The average molecular weight is 180 g/mol. The molecule has 0 rings (SSSR count). The number of carbonyl (C=O) groups excluding carboxylic acids is 1. The van der Waals surface area contributed by atoms with Crippen LogP contribution in [0.2, 0.25) is 0 Å². The lowest BCUT2D eigenvalue weighted by atomic mass is 10.7. The van der Waals surface area contributed by atoms with Gasteiger partial charge in [-0.1, -0.05) is 6.58 Å². The topological polar surface area (TPSA) is 76.0 Å². The summed E-state index contributed by atoms with van der Waals surface area (Å²) in [7, 11) is -2.21. The predicted molar refractivity (Wildman–Crippen MR) is 38.5 cm³/mol. The Hall–Kier alpha value is -0.480. The van der Waals surface area contributed by atoms with Gasteiger partial charge in [-0.25, -0.2) is 4.79 Å². The second-order valence-corrected chi connectivity index (χ2v) is 2.33. The van der Waals surface area contributed by atoms with Gasteiger partial charge in [0.25, 0.3) is 0 Å². The first-order chi connectivity index (χ1) is 5.20. The maximum atomic E-state index is 10.4. The average Bonchev–Trinajstić information content (AvgIpc) is 2.00. The van der Waals surface area contributed by atoms with Gasteiger partial charge in [-0.05, 0) is 0 Å². The lowest BCUT2D eigenvalue weighted by Crippen LogP contribution is -2.00. The molecule has 1 unspecified atom stereocenters. The summed E-state index contributed by atoms with van der Waals surface area (Å²) in [6.07, 6.45) is 0.911. The van der Waals surface area contributed by atoms with Crippen LogP contribution in [-0.2, 0) is 13.8 Å². The maximum Gasteiger partial charge on any atom is 0.396 e. The first-order valence-corrected chi connectivity index (χ1v) is 3.91. The van der Waals surface area contributed by atoms with E-state index in [1.54, 1.807) is 0 Å². The number of carbonyl (C=O) groups is 1. The van der Waals surface area contributed by atoms with Crippen molar-refractivity contribution in [3.63, 3.8) is 0 Å². The molecule has 2 N–H and O–H groups in total. The highest BCUT2D eigenvalue weighted by Gasteiger charge is 2.09. The van der Waals surface area contributed by atoms with Crippen molar-refractivity contribution in [3.05, 3.63) is 12.7 Å². The SMILES string of the molecule is C=CC(=O)OP(O)OCCO. The molecule has 0 fully saturated rings. The minimum absolute atomic E-state index is 0.0629. The molecule has 0 heterocycles. The van der Waals surface area contributed by atoms with E-state index in [1.165, 1.54) is 0 Å². The first kappa shape index (κ1) is 10.5. The predicted octanol–water partition coefficient (Wildman–Crippen LogP) is -0.0563. The van der Waals surface area contributed by atoms with Crippen LogP contribution in [0.1, 0.15) is 0 Å². The molecule has 0 aliphatic carbocycles. The van der Waals surface area contributed by atoms with Crippen molar-refractivity contribution >= 4 is 14.6 Å². The van der Waals surface area contributed by atoms with Gasteiger partial charge >= 0.3 is 14.6 Å². The zero-order valence-electron chi connectivity index (χ0n) is 5.77. The van der Waals surface area contributed by atoms with Gasteiger partial charge in [-0.15, -0.1) is 0 Å². The molecule has 1 atom stereocenters. The molecule has 0 saturated carbocycles. The van der Waals surface area contributed by atoms with Gasteiger partial charge in [0.1, 0.15) is 0 Å². The Kier molecular flexibility index (Phi) is 5.97. The second-order valence-electron chi connectivity index (χ2n) is 1.41. The fourth-order valence-corrected chi connectivity index (χ4v) is 0.779. The van der Waals surface area contributed by atoms with Crippen molar-refractivity contribution in [2.75, 3.05) is 13.2 Å². The molecule has 0 radical (unpaired) electrons. The fraction of sp³-hybridized carbons (Fsp3) is 0.400. The van der Waals surface area contributed by atoms with Crippen LogP contribution in [0, 0.1) is 0 Å². The van der Waals surface area contributed by atoms with E-state index in [0.717, 1.165) is 6.08 Å². The summed E-state index contributed by atoms with van der Waals surface area (Å²) in [6.45, 7) is 2.82. The van der Waals surface area contributed by atoms with E-state index in [-0.39, 0.29) is 13.2 Å². The van der Waals surface area contributed by atoms with Crippen LogP contribution in [0.25, 0.3) is 0 Å². The zero-order valence-corrected chi connectivity index (χ0v) is 6.66. The van der Waals surface area contributed by atoms with Crippen molar-refractivity contribution in [1.82, 2.24) is 0 Å². The molecule has 5 nitrogen and oxygen atoms in total. The van der Waals surface area contributed by atoms with E-state index >= 15 is 0 Å². The zero-order chi connectivity index (χ0) is 8.69. The largest absolute Gasteiger partial charge is 0.396 e. The van der Waals surface area contributed by atoms with Crippen LogP contribution in [0.4, 0.5) is 0 Å². The molecule has 0 amide bonds. The smallest absolute Gasteiger partial charge is 0.394 e. The van der Waals surface area contributed by atoms with Gasteiger partial charge in [0.2, 0.25) is 0 Å². The Balaban J connectivity index is 3.43. The molecular weight excluding hydrogens is 171 g/mol. The third-order valence-electron chi connectivity index (χ3n) is 0.628. The van der Waals surface area contributed by atoms with Crippen LogP contribution in [0.15, 0.2) is 12.7 Å². The fourth-order valence-electron chi connectivity index (χ4n) is 0.260. The summed E-state index contributed by atoms with van der Waals surface area (Å²) in [6, 6.07) is 0. The Labute approximate surface area is 65.2 Å². The summed E-state index contributed by atoms with van der Waals surface area (Å²) < 4.78 is 8.67. The Morgan fingerprint density at radius 1 is 1.73 bits per heavy atom. The van der Waals surface area contributed by atoms with Gasteiger partial charge in [0.15, 0.2) is 0 Å². The van der Waals surface area contributed by atoms with E-state index in [4.69, 9.17) is 10.00 Å². The number of hydrogen-bond donors (Lipinski definition) is 2. The Morgan fingerprint density at radius 2 is 2.36 bits per heavy atom. The Bertz CT molecular complexity index is 137. The van der Waals surface area contributed by atoms with E-state index in [9.17, 15) is 4.79 Å². The summed E-state index contributed by atoms with van der Waals surface area (Å²) in [5.41, 5.74) is 0. The molecule has 0 aliphatic heterocycles. The monoisotopic (exact) mass is 180 g/mol. The van der Waals surface area contributed by atoms with E-state index in [0.29, 0.717) is 0 Å². The standard InChI is InChI=1S/C5H9O5P/c1-2-5(7)10-11(8)9-4-3-6/h2,6,8H,1,3-4H2. The molecule has 0 bridgehead atoms. The normalized spacial score (nSPS) is 12.2. The second kappa shape index (κ2) is 6.24. The van der Waals surface area contributed by atoms with Gasteiger partial charge in [-0.3, -0.25) is 0 Å². The lowest BCUT2D eigenvalue weighted by molar-refractivity contribution is -0.129. The molecule has 64 valence electrons. The highest BCUT2D eigenvalue weighted by atomic mass is 31.2. The van der Waals surface area contributed by atoms with Crippen LogP contribution in [-0.4, -0.2) is 29.2 Å². The summed E-state index contributed by atoms with van der Waals surface area (Å²) >= 11 is 0. The van der Waals surface area contributed by atoms with Crippen LogP contribution >= 0.6 is 8.60 Å². The van der Waals surface area contributed by atoms with Crippen molar-refractivity contribution in [1.29, 1.82) is 0 Å². The van der Waals surface area contributed by atoms with E-state index < -0.39 is 14.6 Å². The van der Waals surface area contributed by atoms with Crippen LogP contribution in [0.3, 0.4) is 0 Å². The van der Waals surface area contributed by atoms with Crippen molar-refractivity contribution in [2.45, 2.75) is 0 Å². The molecular formula is C5H9O5P. The van der Waals surface area contributed by atoms with Gasteiger partial charge in [0, 0.05) is 6.08 Å². The molecule has 0 aromatic rings. The molecule has 0 aliphatic rings. The first-order valence-electron chi connectivity index (χ1n) is 2.78. The minimum Gasteiger partial charge on any atom is -0.394 e. The van der Waals surface area contributed by atoms with Crippen LogP contribution in [0.5, 0.6) is 0 Å². The van der Waals surface area contributed by atoms with E-state index in [2.05, 4.69) is 15.6 Å². The molecule has 0 aromatic carbocycles. The molecule has 6 heteroatoms. The van der Waals surface area contributed by atoms with Crippen molar-refractivity contribution < 1.29 is 23.8 Å². The van der Waals surface area contributed by atoms with Gasteiger partial charge in [-0.2, -0.15) is 0 Å². The summed E-state index contributed by atoms with van der Waals surface area (Å²) in [4.78, 5) is 19.1. The van der Waals surface area contributed by atoms with Crippen molar-refractivity contribution in [3.8, 4) is 0 Å². The molecule has 11 heavy (non-hydrogen) atoms. The number of hydrogen-bond acceptors (Lipinski definition) is 5. The summed E-state index contributed by atoms with van der Waals surface area (Å²) in [5.74, 6) is -0.753. The van der Waals surface area contributed by atoms with Gasteiger partial charge in [0.05, 0.1) is 13.2 Å². The van der Waals surface area contributed by atoms with Crippen LogP contribution < -0.4 is 0 Å². The number of aliphatic hydroxyl groups excluding tert-OH is 1. The third-order valence-corrected chi connectivity index (χ3v) is 1.37. The van der Waals surface area contributed by atoms with Gasteiger partial charge < -0.3 is 19.0 Å². The number of aliphatic hydroxyl groups is 1.